The maximum atomic E-state index is 16.1. The topological polar surface area (TPSA) is 102 Å². The summed E-state index contributed by atoms with van der Waals surface area (Å²) in [7, 11) is 44.8. The number of nitrogens with zero attached hydrogens (tertiary/aromatic N) is 2. The molecule has 2 atom stereocenters. The number of aryl methyl sites for hydroxylation is 1. The fourth-order valence-electron chi connectivity index (χ4n) is 5.29. The minimum absolute atomic E-state index is 0.0289. The Morgan fingerprint density at radius 1 is 1.02 bits per heavy atom. The smallest absolute Gasteiger partial charge is 0.235 e. The molecule has 2 amide bonds. The monoisotopic (exact) mass is 626 g/mol. The summed E-state index contributed by atoms with van der Waals surface area (Å²) < 4.78 is 16.1. The van der Waals surface area contributed by atoms with Gasteiger partial charge in [-0.2, -0.15) is 0 Å². The number of likely N-dealkylation sites (N-methyl/N-ethyl adjacent to an activating group) is 1. The molecule has 2 aromatic carbocycles. The van der Waals surface area contributed by atoms with E-state index in [9.17, 15) is 19.5 Å². The predicted molar refractivity (Wildman–Crippen MR) is 189 cm³/mol. The number of hydrogen-bond donors (Lipinski definition) is 3. The van der Waals surface area contributed by atoms with Crippen LogP contribution in [-0.4, -0.2) is 120 Å². The second-order valence-corrected chi connectivity index (χ2v) is 13.3. The van der Waals surface area contributed by atoms with Crippen LogP contribution >= 0.6 is 0 Å². The molecule has 0 aliphatic heterocycles. The zero-order valence-electron chi connectivity index (χ0n) is 28.0. The summed E-state index contributed by atoms with van der Waals surface area (Å²) in [6.45, 7) is 9.36. The average Bonchev–Trinajstić information content (AvgIpc) is 2.97. The van der Waals surface area contributed by atoms with Gasteiger partial charge in [-0.15, -0.1) is 0 Å². The molecule has 0 fully saturated rings. The molecule has 3 N–H and O–H groups in total. The van der Waals surface area contributed by atoms with E-state index in [0.29, 0.717) is 23.4 Å². The number of halogens is 1. The Hall–Kier alpha value is -2.85. The molecule has 47 heavy (non-hydrogen) atoms. The third-order valence-electron chi connectivity index (χ3n) is 8.09. The van der Waals surface area contributed by atoms with E-state index < -0.39 is 39.0 Å². The quantitative estimate of drug-likeness (QED) is 0.187. The zero-order chi connectivity index (χ0) is 36.2. The van der Waals surface area contributed by atoms with Crippen molar-refractivity contribution in [2.24, 2.45) is 5.41 Å². The highest BCUT2D eigenvalue weighted by atomic mass is 19.1. The number of amides is 2. The number of aldehydes is 1. The number of aliphatic hydroxyl groups excluding tert-OH is 1. The van der Waals surface area contributed by atoms with Crippen molar-refractivity contribution in [3.63, 3.8) is 0 Å². The van der Waals surface area contributed by atoms with Gasteiger partial charge >= 0.3 is 0 Å². The van der Waals surface area contributed by atoms with Crippen LogP contribution < -0.4 is 10.6 Å². The molecule has 16 heteroatoms. The van der Waals surface area contributed by atoms with Gasteiger partial charge in [0, 0.05) is 44.5 Å². The van der Waals surface area contributed by atoms with Crippen LogP contribution in [0.15, 0.2) is 36.4 Å². The summed E-state index contributed by atoms with van der Waals surface area (Å²) in [6.07, 6.45) is -0.497. The van der Waals surface area contributed by atoms with Crippen LogP contribution in [0.1, 0.15) is 49.9 Å². The maximum absolute atomic E-state index is 16.1. The SMILES string of the molecule is [B]C([B])(c1cccc(CNc2cccc(C)c2CN(C=O)C([B])(C(=O)NC)C([B])([B])C([B])([B])C=O)c1F)N(CC(C)O)CC(C)(C)C. The van der Waals surface area contributed by atoms with Crippen molar-refractivity contribution < 1.29 is 23.9 Å². The van der Waals surface area contributed by atoms with E-state index in [2.05, 4.69) is 10.6 Å². The molecule has 2 aromatic rings. The van der Waals surface area contributed by atoms with E-state index in [-0.39, 0.29) is 48.9 Å². The Morgan fingerprint density at radius 2 is 1.62 bits per heavy atom. The molecule has 0 saturated heterocycles. The summed E-state index contributed by atoms with van der Waals surface area (Å²) in [5.41, 5.74) is -1.09. The van der Waals surface area contributed by atoms with E-state index in [1.165, 1.54) is 13.1 Å². The Bertz CT molecular complexity index is 1440. The van der Waals surface area contributed by atoms with Gasteiger partial charge in [0.15, 0.2) is 0 Å². The molecule has 0 bridgehead atoms. The van der Waals surface area contributed by atoms with Gasteiger partial charge in [-0.3, -0.25) is 9.59 Å². The summed E-state index contributed by atoms with van der Waals surface area (Å²) >= 11 is 0. The fraction of sp³-hybridized carbons (Fsp3) is 0.516. The molecule has 8 nitrogen and oxygen atoms in total. The standard InChI is InChI=1S/C31H38B7FN4O4/c1-19-9-7-12-24(22(19)15-43(18-45)29(34,26(47)40-6)31(37,38)28(32,33)17-44)41-13-21-10-8-11-23(25(21)39)30(35,36)42(14-20(2)46)16-27(3,4)5/h7-12,17-18,20,41,46H,13-16H2,1-6H3,(H,40,47). The van der Waals surface area contributed by atoms with Gasteiger partial charge in [-0.25, -0.2) is 4.39 Å². The second kappa shape index (κ2) is 15.1. The van der Waals surface area contributed by atoms with Gasteiger partial charge in [0.1, 0.15) is 19.9 Å². The number of carbonyl (C=O) groups is 3. The molecule has 0 aliphatic carbocycles. The third kappa shape index (κ3) is 8.61. The number of aliphatic hydroxyl groups is 1. The van der Waals surface area contributed by atoms with Gasteiger partial charge in [-0.05, 0) is 47.4 Å². The zero-order valence-corrected chi connectivity index (χ0v) is 28.0. The van der Waals surface area contributed by atoms with Gasteiger partial charge in [0.25, 0.3) is 0 Å². The lowest BCUT2D eigenvalue weighted by molar-refractivity contribution is -0.137. The first-order valence-corrected chi connectivity index (χ1v) is 15.0. The van der Waals surface area contributed by atoms with Gasteiger partial charge in [0.05, 0.1) is 58.6 Å². The third-order valence-corrected chi connectivity index (χ3v) is 8.09. The molecule has 0 aliphatic rings. The maximum Gasteiger partial charge on any atom is 0.235 e. The normalized spacial score (nSPS) is 14.6. The number of anilines is 1. The Kier molecular flexibility index (Phi) is 13.0. The average molecular weight is 625 g/mol. The molecule has 14 radical (unpaired) electrons. The summed E-state index contributed by atoms with van der Waals surface area (Å²) in [5.74, 6) is -1.69. The van der Waals surface area contributed by atoms with Crippen molar-refractivity contribution in [1.82, 2.24) is 15.1 Å². The number of hydrogen-bond acceptors (Lipinski definition) is 6. The molecular weight excluding hydrogens is 587 g/mol. The van der Waals surface area contributed by atoms with Crippen LogP contribution in [-0.2, 0) is 32.8 Å². The van der Waals surface area contributed by atoms with Gasteiger partial charge < -0.3 is 30.3 Å². The number of carbonyl (C=O) groups excluding carboxylic acids is 3. The van der Waals surface area contributed by atoms with Crippen molar-refractivity contribution in [2.75, 3.05) is 25.5 Å². The van der Waals surface area contributed by atoms with Crippen LogP contribution in [0.2, 0.25) is 10.4 Å². The van der Waals surface area contributed by atoms with Gasteiger partial charge in [-0.1, -0.05) is 61.5 Å². The predicted octanol–water partition coefficient (Wildman–Crippen LogP) is 0.597. The molecule has 2 unspecified atom stereocenters. The van der Waals surface area contributed by atoms with Crippen LogP contribution in [0.25, 0.3) is 0 Å². The van der Waals surface area contributed by atoms with E-state index >= 15 is 4.39 Å². The molecule has 234 valence electrons. The van der Waals surface area contributed by atoms with Crippen molar-refractivity contribution in [3.8, 4) is 0 Å². The molecular formula is C31H38B7FN4O4. The summed E-state index contributed by atoms with van der Waals surface area (Å²) in [4.78, 5) is 39.8. The van der Waals surface area contributed by atoms with E-state index in [1.54, 1.807) is 49.1 Å². The fourth-order valence-corrected chi connectivity index (χ4v) is 5.29. The minimum atomic E-state index is -2.66. The second-order valence-electron chi connectivity index (χ2n) is 13.3. The van der Waals surface area contributed by atoms with Crippen molar-refractivity contribution >= 4 is 79.2 Å². The van der Waals surface area contributed by atoms with Crippen LogP contribution in [0, 0.1) is 18.2 Å². The Balaban J connectivity index is 2.54. The number of nitrogens with one attached hydrogen (secondary N) is 2. The molecule has 0 heterocycles. The lowest BCUT2D eigenvalue weighted by Crippen LogP contribution is -2.68. The van der Waals surface area contributed by atoms with Crippen molar-refractivity contribution in [2.45, 2.75) is 75.0 Å². The Morgan fingerprint density at radius 3 is 2.13 bits per heavy atom. The first-order chi connectivity index (χ1) is 21.5. The number of benzene rings is 2. The lowest BCUT2D eigenvalue weighted by Gasteiger charge is -2.56. The molecule has 2 rings (SSSR count). The van der Waals surface area contributed by atoms with E-state index in [1.807, 2.05) is 20.8 Å². The van der Waals surface area contributed by atoms with Crippen molar-refractivity contribution in [1.29, 1.82) is 0 Å². The number of rotatable bonds is 16. The summed E-state index contributed by atoms with van der Waals surface area (Å²) in [6, 6.07) is 9.83. The summed E-state index contributed by atoms with van der Waals surface area (Å²) in [5, 5.41) is 8.64. The van der Waals surface area contributed by atoms with Gasteiger partial charge in [0.2, 0.25) is 12.3 Å². The highest BCUT2D eigenvalue weighted by molar-refractivity contribution is 6.63. The lowest BCUT2D eigenvalue weighted by atomic mass is 9.23. The molecule has 0 aromatic heterocycles. The van der Waals surface area contributed by atoms with E-state index in [0.717, 1.165) is 4.90 Å². The van der Waals surface area contributed by atoms with Crippen LogP contribution in [0.4, 0.5) is 10.1 Å². The first-order valence-electron chi connectivity index (χ1n) is 15.0. The molecule has 0 spiro atoms. The highest BCUT2D eigenvalue weighted by Crippen LogP contribution is 2.50. The highest BCUT2D eigenvalue weighted by Gasteiger charge is 2.55. The Labute approximate surface area is 288 Å². The van der Waals surface area contributed by atoms with E-state index in [4.69, 9.17) is 54.9 Å². The minimum Gasteiger partial charge on any atom is -0.392 e. The first kappa shape index (κ1) is 40.3. The van der Waals surface area contributed by atoms with Crippen molar-refractivity contribution in [3.05, 3.63) is 64.5 Å². The molecule has 0 saturated carbocycles. The van der Waals surface area contributed by atoms with Crippen LogP contribution in [0.5, 0.6) is 0 Å². The van der Waals surface area contributed by atoms with Crippen LogP contribution in [0.3, 0.4) is 0 Å². The largest absolute Gasteiger partial charge is 0.392 e.